The van der Waals surface area contributed by atoms with E-state index in [1.807, 2.05) is 0 Å². The molecule has 104 valence electrons. The van der Waals surface area contributed by atoms with Gasteiger partial charge >= 0.3 is 12.3 Å². The van der Waals surface area contributed by atoms with Crippen molar-refractivity contribution in [3.63, 3.8) is 0 Å². The molecule has 0 spiro atoms. The summed E-state index contributed by atoms with van der Waals surface area (Å²) in [6.07, 6.45) is -4.84. The van der Waals surface area contributed by atoms with Crippen LogP contribution in [0.4, 0.5) is 18.9 Å². The molecule has 8 heteroatoms. The first kappa shape index (κ1) is 13.3. The van der Waals surface area contributed by atoms with E-state index in [0.717, 1.165) is 19.2 Å². The summed E-state index contributed by atoms with van der Waals surface area (Å²) in [4.78, 5) is 11.5. The van der Waals surface area contributed by atoms with E-state index < -0.39 is 18.1 Å². The van der Waals surface area contributed by atoms with E-state index in [-0.39, 0.29) is 17.0 Å². The second-order valence-electron chi connectivity index (χ2n) is 3.66. The van der Waals surface area contributed by atoms with Crippen molar-refractivity contribution in [3.8, 4) is 11.5 Å². The normalized spacial score (nSPS) is 13.9. The van der Waals surface area contributed by atoms with Gasteiger partial charge in [-0.15, -0.1) is 13.2 Å². The lowest BCUT2D eigenvalue weighted by atomic mass is 10.1. The Morgan fingerprint density at radius 1 is 1.42 bits per heavy atom. The molecule has 2 rings (SSSR count). The van der Waals surface area contributed by atoms with Gasteiger partial charge in [-0.2, -0.15) is 0 Å². The van der Waals surface area contributed by atoms with Gasteiger partial charge in [0, 0.05) is 12.6 Å². The van der Waals surface area contributed by atoms with Crippen LogP contribution in [0, 0.1) is 0 Å². The number of fused-ring (bicyclic) bond motifs is 1. The number of ether oxygens (including phenoxy) is 3. The van der Waals surface area contributed by atoms with Gasteiger partial charge in [0.15, 0.2) is 5.75 Å². The molecule has 1 aliphatic rings. The zero-order valence-corrected chi connectivity index (χ0v) is 9.84. The highest BCUT2D eigenvalue weighted by Crippen LogP contribution is 2.37. The largest absolute Gasteiger partial charge is 0.573 e. The molecule has 0 saturated heterocycles. The Morgan fingerprint density at radius 3 is 2.79 bits per heavy atom. The number of rotatable bonds is 2. The van der Waals surface area contributed by atoms with Gasteiger partial charge in [0.05, 0.1) is 12.8 Å². The van der Waals surface area contributed by atoms with Gasteiger partial charge in [0.2, 0.25) is 0 Å². The molecule has 0 bridgehead atoms. The van der Waals surface area contributed by atoms with Gasteiger partial charge in [-0.1, -0.05) is 0 Å². The third-order valence-corrected chi connectivity index (χ3v) is 2.37. The first-order valence-corrected chi connectivity index (χ1v) is 5.29. The van der Waals surface area contributed by atoms with Crippen LogP contribution in [-0.2, 0) is 4.74 Å². The van der Waals surface area contributed by atoms with E-state index in [9.17, 15) is 18.0 Å². The maximum Gasteiger partial charge on any atom is 0.573 e. The zero-order chi connectivity index (χ0) is 14.0. The number of hydrogen-bond donors (Lipinski definition) is 1. The fraction of sp³-hybridized carbons (Fsp3) is 0.364. The second kappa shape index (κ2) is 4.87. The SMILES string of the molecule is COC(=O)c1cc(OC(F)(F)F)cc2c1OCCN2. The van der Waals surface area contributed by atoms with Crippen LogP contribution in [0.15, 0.2) is 12.1 Å². The fourth-order valence-corrected chi connectivity index (χ4v) is 1.68. The van der Waals surface area contributed by atoms with Crippen LogP contribution < -0.4 is 14.8 Å². The Hall–Kier alpha value is -2.12. The molecule has 0 aliphatic carbocycles. The lowest BCUT2D eigenvalue weighted by molar-refractivity contribution is -0.274. The Bertz CT molecular complexity index is 501. The van der Waals surface area contributed by atoms with E-state index in [1.54, 1.807) is 0 Å². The fourth-order valence-electron chi connectivity index (χ4n) is 1.68. The minimum absolute atomic E-state index is 0.119. The van der Waals surface area contributed by atoms with Gasteiger partial charge in [-0.05, 0) is 6.07 Å². The van der Waals surface area contributed by atoms with E-state index in [0.29, 0.717) is 13.2 Å². The van der Waals surface area contributed by atoms with Crippen molar-refractivity contribution in [2.24, 2.45) is 0 Å². The Labute approximate surface area is 106 Å². The van der Waals surface area contributed by atoms with Crippen molar-refractivity contribution >= 4 is 11.7 Å². The molecule has 5 nitrogen and oxygen atoms in total. The van der Waals surface area contributed by atoms with Crippen molar-refractivity contribution in [1.29, 1.82) is 0 Å². The number of esters is 1. The summed E-state index contributed by atoms with van der Waals surface area (Å²) in [5.74, 6) is -1.15. The molecule has 0 atom stereocenters. The van der Waals surface area contributed by atoms with Crippen molar-refractivity contribution in [2.45, 2.75) is 6.36 Å². The van der Waals surface area contributed by atoms with E-state index >= 15 is 0 Å². The molecular weight excluding hydrogens is 267 g/mol. The predicted molar refractivity (Wildman–Crippen MR) is 58.4 cm³/mol. The number of anilines is 1. The molecule has 0 aromatic heterocycles. The maximum absolute atomic E-state index is 12.2. The standard InChI is InChI=1S/C11H10F3NO4/c1-17-10(16)7-4-6(19-11(12,13)14)5-8-9(7)18-3-2-15-8/h4-5,15H,2-3H2,1H3. The first-order chi connectivity index (χ1) is 8.90. The summed E-state index contributed by atoms with van der Waals surface area (Å²) < 4.78 is 50.2. The van der Waals surface area contributed by atoms with Gasteiger partial charge < -0.3 is 19.5 Å². The molecule has 0 amide bonds. The summed E-state index contributed by atoms with van der Waals surface area (Å²) in [5.41, 5.74) is 0.139. The molecule has 1 aromatic carbocycles. The number of carbonyl (C=O) groups excluding carboxylic acids is 1. The second-order valence-corrected chi connectivity index (χ2v) is 3.66. The summed E-state index contributed by atoms with van der Waals surface area (Å²) in [5, 5.41) is 2.83. The number of alkyl halides is 3. The highest BCUT2D eigenvalue weighted by Gasteiger charge is 2.32. The third-order valence-electron chi connectivity index (χ3n) is 2.37. The van der Waals surface area contributed by atoms with Crippen molar-refractivity contribution in [1.82, 2.24) is 0 Å². The van der Waals surface area contributed by atoms with E-state index in [2.05, 4.69) is 14.8 Å². The van der Waals surface area contributed by atoms with Crippen LogP contribution in [0.5, 0.6) is 11.5 Å². The van der Waals surface area contributed by atoms with Crippen LogP contribution >= 0.6 is 0 Å². The molecule has 19 heavy (non-hydrogen) atoms. The maximum atomic E-state index is 12.2. The van der Waals surface area contributed by atoms with Crippen molar-refractivity contribution in [3.05, 3.63) is 17.7 Å². The molecule has 0 fully saturated rings. The molecule has 0 saturated carbocycles. The zero-order valence-electron chi connectivity index (χ0n) is 9.84. The number of carbonyl (C=O) groups is 1. The smallest absolute Gasteiger partial charge is 0.489 e. The van der Waals surface area contributed by atoms with Gasteiger partial charge in [-0.3, -0.25) is 0 Å². The van der Waals surface area contributed by atoms with Gasteiger partial charge in [0.25, 0.3) is 0 Å². The molecule has 1 N–H and O–H groups in total. The number of nitrogens with one attached hydrogen (secondary N) is 1. The third kappa shape index (κ3) is 3.01. The Kier molecular flexibility index (Phi) is 3.41. The van der Waals surface area contributed by atoms with Crippen LogP contribution in [-0.4, -0.2) is 32.6 Å². The topological polar surface area (TPSA) is 56.8 Å². The Morgan fingerprint density at radius 2 is 2.16 bits per heavy atom. The molecular formula is C11H10F3NO4. The van der Waals surface area contributed by atoms with Crippen LogP contribution in [0.2, 0.25) is 0 Å². The van der Waals surface area contributed by atoms with Crippen LogP contribution in [0.3, 0.4) is 0 Å². The predicted octanol–water partition coefficient (Wildman–Crippen LogP) is 2.18. The van der Waals surface area contributed by atoms with Crippen LogP contribution in [0.25, 0.3) is 0 Å². The van der Waals surface area contributed by atoms with E-state index in [1.165, 1.54) is 0 Å². The van der Waals surface area contributed by atoms with Crippen molar-refractivity contribution in [2.75, 3.05) is 25.6 Å². The lowest BCUT2D eigenvalue weighted by Crippen LogP contribution is -2.22. The summed E-state index contributed by atoms with van der Waals surface area (Å²) in [7, 11) is 1.13. The van der Waals surface area contributed by atoms with E-state index in [4.69, 9.17) is 4.74 Å². The molecule has 0 radical (unpaired) electrons. The van der Waals surface area contributed by atoms with Crippen LogP contribution in [0.1, 0.15) is 10.4 Å². The van der Waals surface area contributed by atoms with Gasteiger partial charge in [0.1, 0.15) is 17.9 Å². The summed E-state index contributed by atoms with van der Waals surface area (Å²) >= 11 is 0. The van der Waals surface area contributed by atoms with Crippen molar-refractivity contribution < 1.29 is 32.2 Å². The molecule has 1 aromatic rings. The number of methoxy groups -OCH3 is 1. The number of benzene rings is 1. The summed E-state index contributed by atoms with van der Waals surface area (Å²) in [6.45, 7) is 0.722. The monoisotopic (exact) mass is 277 g/mol. The average Bonchev–Trinajstić information content (AvgIpc) is 2.35. The van der Waals surface area contributed by atoms with Gasteiger partial charge in [-0.25, -0.2) is 4.79 Å². The quantitative estimate of drug-likeness (QED) is 0.840. The first-order valence-electron chi connectivity index (χ1n) is 5.29. The molecule has 0 unspecified atom stereocenters. The lowest BCUT2D eigenvalue weighted by Gasteiger charge is -2.22. The minimum Gasteiger partial charge on any atom is -0.489 e. The Balaban J connectivity index is 2.45. The molecule has 1 heterocycles. The highest BCUT2D eigenvalue weighted by molar-refractivity contribution is 5.95. The summed E-state index contributed by atoms with van der Waals surface area (Å²) in [6, 6.07) is 2.06. The average molecular weight is 277 g/mol. The minimum atomic E-state index is -4.84. The highest BCUT2D eigenvalue weighted by atomic mass is 19.4. The number of hydrogen-bond acceptors (Lipinski definition) is 5. The number of halogens is 3. The molecule has 1 aliphatic heterocycles.